The number of fused-ring (bicyclic) bond motifs is 1. The number of aliphatic hydroxyl groups is 1. The van der Waals surface area contributed by atoms with E-state index in [9.17, 15) is 13.9 Å². The number of pyridine rings is 1. The molecule has 198 valence electrons. The molecule has 0 aliphatic rings. The van der Waals surface area contributed by atoms with E-state index in [0.29, 0.717) is 23.4 Å². The van der Waals surface area contributed by atoms with E-state index in [4.69, 9.17) is 4.98 Å². The van der Waals surface area contributed by atoms with Gasteiger partial charge in [0.1, 0.15) is 22.9 Å². The Morgan fingerprint density at radius 1 is 1.08 bits per heavy atom. The van der Waals surface area contributed by atoms with Crippen molar-refractivity contribution < 1.29 is 13.9 Å². The molecule has 0 aliphatic heterocycles. The Kier molecular flexibility index (Phi) is 7.95. The van der Waals surface area contributed by atoms with E-state index in [1.54, 1.807) is 20.9 Å². The smallest absolute Gasteiger partial charge is 0.156 e. The third-order valence-corrected chi connectivity index (χ3v) is 7.10. The van der Waals surface area contributed by atoms with E-state index < -0.39 is 17.2 Å². The number of benzene rings is 2. The summed E-state index contributed by atoms with van der Waals surface area (Å²) in [6.45, 7) is 5.20. The zero-order valence-electron chi connectivity index (χ0n) is 22.2. The molecule has 0 radical (unpaired) electrons. The normalized spacial score (nSPS) is 12.3. The fourth-order valence-electron chi connectivity index (χ4n) is 4.57. The van der Waals surface area contributed by atoms with Gasteiger partial charge in [-0.15, -0.1) is 0 Å². The molecule has 38 heavy (non-hydrogen) atoms. The first-order valence-corrected chi connectivity index (χ1v) is 13.3. The highest BCUT2D eigenvalue weighted by atomic mass is 127. The predicted molar refractivity (Wildman–Crippen MR) is 157 cm³/mol. The Hall–Kier alpha value is -3.23. The molecule has 0 saturated heterocycles. The van der Waals surface area contributed by atoms with Gasteiger partial charge < -0.3 is 15.7 Å². The third-order valence-electron chi connectivity index (χ3n) is 6.20. The van der Waals surface area contributed by atoms with Crippen LogP contribution in [0.15, 0.2) is 36.4 Å². The van der Waals surface area contributed by atoms with Crippen molar-refractivity contribution in [2.45, 2.75) is 38.7 Å². The van der Waals surface area contributed by atoms with Crippen LogP contribution in [-0.4, -0.2) is 39.6 Å². The van der Waals surface area contributed by atoms with Crippen molar-refractivity contribution in [3.63, 3.8) is 0 Å². The Labute approximate surface area is 235 Å². The maximum absolute atomic E-state index is 14.0. The summed E-state index contributed by atoms with van der Waals surface area (Å²) in [5.74, 6) is 5.18. The van der Waals surface area contributed by atoms with E-state index in [1.807, 2.05) is 43.9 Å². The molecule has 0 fully saturated rings. The SMILES string of the molecule is CNc1cc(-c2ccc(I)c3c(NC)nn(C)c23)c([C@@H](C)Cc2cc(F)cc(F)c2)nc1C#CC(C)(C)O. The predicted octanol–water partition coefficient (Wildman–Crippen LogP) is 6.07. The average Bonchev–Trinajstić information content (AvgIpc) is 3.18. The van der Waals surface area contributed by atoms with Crippen molar-refractivity contribution in [1.82, 2.24) is 14.8 Å². The van der Waals surface area contributed by atoms with Crippen LogP contribution >= 0.6 is 22.6 Å². The number of hydrogen-bond donors (Lipinski definition) is 3. The van der Waals surface area contributed by atoms with E-state index in [2.05, 4.69) is 50.2 Å². The lowest BCUT2D eigenvalue weighted by molar-refractivity contribution is 0.143. The maximum Gasteiger partial charge on any atom is 0.156 e. The second-order valence-corrected chi connectivity index (χ2v) is 11.0. The molecule has 1 atom stereocenters. The average molecular weight is 629 g/mol. The van der Waals surface area contributed by atoms with E-state index in [-0.39, 0.29) is 5.92 Å². The van der Waals surface area contributed by atoms with Gasteiger partial charge in [-0.3, -0.25) is 4.68 Å². The molecular weight excluding hydrogens is 599 g/mol. The minimum Gasteiger partial charge on any atom is -0.386 e. The van der Waals surface area contributed by atoms with E-state index in [0.717, 1.165) is 43.2 Å². The first kappa shape index (κ1) is 27.8. The lowest BCUT2D eigenvalue weighted by Gasteiger charge is -2.20. The summed E-state index contributed by atoms with van der Waals surface area (Å²) < 4.78 is 30.8. The molecule has 0 unspecified atom stereocenters. The van der Waals surface area contributed by atoms with Crippen LogP contribution in [0, 0.1) is 27.0 Å². The second-order valence-electron chi connectivity index (χ2n) is 9.80. The van der Waals surface area contributed by atoms with Crippen molar-refractivity contribution >= 4 is 45.0 Å². The summed E-state index contributed by atoms with van der Waals surface area (Å²) in [7, 11) is 5.53. The largest absolute Gasteiger partial charge is 0.386 e. The molecule has 0 saturated carbocycles. The van der Waals surface area contributed by atoms with Gasteiger partial charge in [0.05, 0.1) is 22.3 Å². The minimum absolute atomic E-state index is 0.217. The summed E-state index contributed by atoms with van der Waals surface area (Å²) >= 11 is 2.30. The van der Waals surface area contributed by atoms with Crippen molar-refractivity contribution in [3.05, 3.63) is 68.6 Å². The zero-order chi connectivity index (χ0) is 27.8. The number of halogens is 3. The van der Waals surface area contributed by atoms with Gasteiger partial charge in [0.25, 0.3) is 0 Å². The molecule has 0 amide bonds. The standard InChI is InChI=1S/C29H30F2IN5O/c1-16(11-17-12-18(30)14-19(31)13-17)26-21(15-24(33-4)23(35-26)9-10-29(2,3)38)20-7-8-22(32)25-27(20)37(6)36-28(25)34-5/h7-8,12-16,33,38H,11H2,1-6H3,(H,34,36)/t16-/m0/s1. The van der Waals surface area contributed by atoms with Gasteiger partial charge in [0.2, 0.25) is 0 Å². The summed E-state index contributed by atoms with van der Waals surface area (Å²) in [5, 5.41) is 22.2. The van der Waals surface area contributed by atoms with Gasteiger partial charge in [0.15, 0.2) is 5.82 Å². The van der Waals surface area contributed by atoms with Gasteiger partial charge in [-0.05, 0) is 78.6 Å². The first-order chi connectivity index (χ1) is 17.9. The fraction of sp³-hybridized carbons (Fsp3) is 0.310. The number of nitrogens with one attached hydrogen (secondary N) is 2. The number of aromatic nitrogens is 3. The van der Waals surface area contributed by atoms with Gasteiger partial charge in [0, 0.05) is 47.8 Å². The fourth-order valence-corrected chi connectivity index (χ4v) is 5.26. The van der Waals surface area contributed by atoms with Crippen LogP contribution < -0.4 is 10.6 Å². The van der Waals surface area contributed by atoms with Crippen LogP contribution in [0.3, 0.4) is 0 Å². The van der Waals surface area contributed by atoms with Crippen molar-refractivity contribution in [3.8, 4) is 23.0 Å². The molecule has 2 heterocycles. The highest BCUT2D eigenvalue weighted by Gasteiger charge is 2.23. The van der Waals surface area contributed by atoms with Crippen LogP contribution in [0.25, 0.3) is 22.0 Å². The monoisotopic (exact) mass is 629 g/mol. The lowest BCUT2D eigenvalue weighted by atomic mass is 9.90. The van der Waals surface area contributed by atoms with Crippen LogP contribution in [0.5, 0.6) is 0 Å². The number of hydrogen-bond acceptors (Lipinski definition) is 5. The zero-order valence-corrected chi connectivity index (χ0v) is 24.3. The number of rotatable bonds is 6. The minimum atomic E-state index is -1.20. The summed E-state index contributed by atoms with van der Waals surface area (Å²) in [4.78, 5) is 4.97. The van der Waals surface area contributed by atoms with Crippen LogP contribution in [0.2, 0.25) is 0 Å². The number of nitrogens with zero attached hydrogens (tertiary/aromatic N) is 3. The van der Waals surface area contributed by atoms with Crippen molar-refractivity contribution in [2.24, 2.45) is 7.05 Å². The topological polar surface area (TPSA) is 75.0 Å². The summed E-state index contributed by atoms with van der Waals surface area (Å²) in [5.41, 5.74) is 3.97. The lowest BCUT2D eigenvalue weighted by Crippen LogP contribution is -2.15. The van der Waals surface area contributed by atoms with Gasteiger partial charge in [-0.1, -0.05) is 18.9 Å². The molecule has 4 rings (SSSR count). The van der Waals surface area contributed by atoms with Gasteiger partial charge in [-0.2, -0.15) is 5.10 Å². The molecule has 4 aromatic rings. The van der Waals surface area contributed by atoms with Crippen molar-refractivity contribution in [1.29, 1.82) is 0 Å². The van der Waals surface area contributed by atoms with Gasteiger partial charge >= 0.3 is 0 Å². The van der Waals surface area contributed by atoms with Gasteiger partial charge in [-0.25, -0.2) is 13.8 Å². The highest BCUT2D eigenvalue weighted by Crippen LogP contribution is 2.40. The summed E-state index contributed by atoms with van der Waals surface area (Å²) in [6, 6.07) is 9.64. The molecule has 6 nitrogen and oxygen atoms in total. The third kappa shape index (κ3) is 5.76. The molecule has 2 aromatic carbocycles. The maximum atomic E-state index is 14.0. The molecule has 2 aromatic heterocycles. The number of anilines is 2. The van der Waals surface area contributed by atoms with E-state index >= 15 is 0 Å². The number of aryl methyl sites for hydroxylation is 1. The molecule has 0 aliphatic carbocycles. The van der Waals surface area contributed by atoms with E-state index in [1.165, 1.54) is 12.1 Å². The quantitative estimate of drug-likeness (QED) is 0.179. The summed E-state index contributed by atoms with van der Waals surface area (Å²) in [6.07, 6.45) is 0.368. The molecule has 0 spiro atoms. The van der Waals surface area contributed by atoms with Crippen molar-refractivity contribution in [2.75, 3.05) is 24.7 Å². The second kappa shape index (κ2) is 10.9. The Morgan fingerprint density at radius 3 is 2.37 bits per heavy atom. The first-order valence-electron chi connectivity index (χ1n) is 12.2. The Morgan fingerprint density at radius 2 is 1.76 bits per heavy atom. The molecule has 0 bridgehead atoms. The Bertz CT molecular complexity index is 1560. The molecule has 3 N–H and O–H groups in total. The Balaban J connectivity index is 1.99. The molecule has 9 heteroatoms. The highest BCUT2D eigenvalue weighted by molar-refractivity contribution is 14.1. The van der Waals surface area contributed by atoms with Crippen LogP contribution in [-0.2, 0) is 13.5 Å². The van der Waals surface area contributed by atoms with Crippen LogP contribution in [0.1, 0.15) is 43.6 Å². The van der Waals surface area contributed by atoms with Crippen LogP contribution in [0.4, 0.5) is 20.3 Å². The molecular formula is C29H30F2IN5O.